The Labute approximate surface area is 232 Å². The lowest BCUT2D eigenvalue weighted by Gasteiger charge is -2.26. The van der Waals surface area contributed by atoms with Gasteiger partial charge >= 0.3 is 5.97 Å². The second-order valence-electron chi connectivity index (χ2n) is 9.45. The summed E-state index contributed by atoms with van der Waals surface area (Å²) in [5.74, 6) is 0.0687. The molecule has 10 heteroatoms. The summed E-state index contributed by atoms with van der Waals surface area (Å²) in [5, 5.41) is 1.73. The Balaban J connectivity index is 1.56. The van der Waals surface area contributed by atoms with Gasteiger partial charge in [-0.25, -0.2) is 9.78 Å². The van der Waals surface area contributed by atoms with Gasteiger partial charge in [-0.2, -0.15) is 8.42 Å². The van der Waals surface area contributed by atoms with Crippen molar-refractivity contribution >= 4 is 33.0 Å². The van der Waals surface area contributed by atoms with Crippen LogP contribution < -0.4 is 9.04 Å². The molecule has 0 spiro atoms. The van der Waals surface area contributed by atoms with Crippen LogP contribution in [0.4, 0.5) is 5.69 Å². The van der Waals surface area contributed by atoms with E-state index in [0.717, 1.165) is 52.9 Å². The van der Waals surface area contributed by atoms with E-state index in [-0.39, 0.29) is 17.5 Å². The first-order chi connectivity index (χ1) is 18.8. The lowest BCUT2D eigenvalue weighted by molar-refractivity contribution is 0.0600. The van der Waals surface area contributed by atoms with Crippen molar-refractivity contribution in [3.05, 3.63) is 99.3 Å². The summed E-state index contributed by atoms with van der Waals surface area (Å²) in [4.78, 5) is 20.6. The lowest BCUT2D eigenvalue weighted by atomic mass is 10.1. The molecule has 2 aromatic carbocycles. The summed E-state index contributed by atoms with van der Waals surface area (Å²) in [5.41, 5.74) is 6.20. The van der Waals surface area contributed by atoms with E-state index in [1.165, 1.54) is 11.4 Å². The van der Waals surface area contributed by atoms with Crippen LogP contribution in [-0.2, 0) is 40.8 Å². The van der Waals surface area contributed by atoms with Gasteiger partial charge < -0.3 is 9.47 Å². The number of methoxy groups -OCH3 is 1. The van der Waals surface area contributed by atoms with E-state index < -0.39 is 16.0 Å². The zero-order valence-corrected chi connectivity index (χ0v) is 23.6. The molecule has 4 aromatic rings. The highest BCUT2D eigenvalue weighted by molar-refractivity contribution is 7.94. The van der Waals surface area contributed by atoms with Gasteiger partial charge in [0.15, 0.2) is 0 Å². The van der Waals surface area contributed by atoms with Gasteiger partial charge in [-0.05, 0) is 91.8 Å². The Morgan fingerprint density at radius 3 is 2.54 bits per heavy atom. The first kappa shape index (κ1) is 26.8. The number of hydrogen-bond donors (Lipinski definition) is 0. The average molecular weight is 564 g/mol. The molecule has 0 N–H and O–H groups in total. The standard InChI is InChI=1S/C29H29N3O5S2/c1-19-13-23(28(33)36-3)10-11-24(19)17-37-27-15-22-8-6-7-21(22)14-26(27)32(16-25-9-4-5-12-30-25)39(34,35)29-31-20(2)18-38-29/h4-5,9-15,18H,6-8,16-17H2,1-3H3. The molecular formula is C29H29N3O5S2. The van der Waals surface area contributed by atoms with Crippen LogP contribution in [0.2, 0.25) is 0 Å². The number of anilines is 1. The van der Waals surface area contributed by atoms with Crippen molar-refractivity contribution in [3.63, 3.8) is 0 Å². The SMILES string of the molecule is COC(=O)c1ccc(COc2cc3c(cc2N(Cc2ccccn2)S(=O)(=O)c2nc(C)cs2)CCC3)c(C)c1. The summed E-state index contributed by atoms with van der Waals surface area (Å²) in [6.45, 7) is 3.91. The van der Waals surface area contributed by atoms with Crippen LogP contribution in [-0.4, -0.2) is 31.5 Å². The van der Waals surface area contributed by atoms with E-state index >= 15 is 0 Å². The first-order valence-electron chi connectivity index (χ1n) is 12.6. The molecule has 0 aliphatic heterocycles. The van der Waals surface area contributed by atoms with Crippen molar-refractivity contribution in [2.24, 2.45) is 0 Å². The van der Waals surface area contributed by atoms with E-state index in [0.29, 0.717) is 28.4 Å². The van der Waals surface area contributed by atoms with Crippen molar-refractivity contribution in [2.45, 2.75) is 50.6 Å². The first-order valence-corrected chi connectivity index (χ1v) is 14.9. The summed E-state index contributed by atoms with van der Waals surface area (Å²) in [6, 6.07) is 14.6. The molecule has 0 saturated heterocycles. The molecule has 0 amide bonds. The predicted octanol–water partition coefficient (Wildman–Crippen LogP) is 5.40. The predicted molar refractivity (Wildman–Crippen MR) is 150 cm³/mol. The third kappa shape index (κ3) is 5.67. The molecule has 0 bridgehead atoms. The summed E-state index contributed by atoms with van der Waals surface area (Å²) in [7, 11) is -2.66. The maximum atomic E-state index is 14.0. The van der Waals surface area contributed by atoms with Crippen LogP contribution in [0.25, 0.3) is 0 Å². The number of carbonyl (C=O) groups is 1. The van der Waals surface area contributed by atoms with E-state index in [9.17, 15) is 13.2 Å². The Morgan fingerprint density at radius 1 is 1.08 bits per heavy atom. The van der Waals surface area contributed by atoms with Gasteiger partial charge in [0, 0.05) is 17.3 Å². The van der Waals surface area contributed by atoms with Crippen molar-refractivity contribution in [1.29, 1.82) is 0 Å². The molecule has 202 valence electrons. The summed E-state index contributed by atoms with van der Waals surface area (Å²) >= 11 is 1.10. The number of aromatic nitrogens is 2. The smallest absolute Gasteiger partial charge is 0.337 e. The Morgan fingerprint density at radius 2 is 1.87 bits per heavy atom. The molecule has 1 aliphatic carbocycles. The summed E-state index contributed by atoms with van der Waals surface area (Å²) < 4.78 is 40.6. The number of fused-ring (bicyclic) bond motifs is 1. The molecule has 8 nitrogen and oxygen atoms in total. The van der Waals surface area contributed by atoms with Gasteiger partial charge in [0.25, 0.3) is 10.0 Å². The number of hydrogen-bond acceptors (Lipinski definition) is 8. The number of rotatable bonds is 9. The molecule has 0 unspecified atom stereocenters. The molecule has 1 aliphatic rings. The molecule has 39 heavy (non-hydrogen) atoms. The topological polar surface area (TPSA) is 98.7 Å². The van der Waals surface area contributed by atoms with E-state index in [1.807, 2.05) is 31.2 Å². The monoisotopic (exact) mass is 563 g/mol. The van der Waals surface area contributed by atoms with Crippen LogP contribution >= 0.6 is 11.3 Å². The number of ether oxygens (including phenoxy) is 2. The molecule has 0 saturated carbocycles. The number of sulfonamides is 1. The number of pyridine rings is 1. The van der Waals surface area contributed by atoms with Gasteiger partial charge in [0.1, 0.15) is 12.4 Å². The summed E-state index contributed by atoms with van der Waals surface area (Å²) in [6.07, 6.45) is 4.45. The van der Waals surface area contributed by atoms with E-state index in [1.54, 1.807) is 42.8 Å². The third-order valence-electron chi connectivity index (χ3n) is 6.73. The molecular weight excluding hydrogens is 534 g/mol. The minimum absolute atomic E-state index is 0.0247. The molecule has 2 aromatic heterocycles. The molecule has 0 atom stereocenters. The number of carbonyl (C=O) groups excluding carboxylic acids is 1. The number of esters is 1. The van der Waals surface area contributed by atoms with E-state index in [2.05, 4.69) is 9.97 Å². The molecule has 0 fully saturated rings. The van der Waals surface area contributed by atoms with Crippen LogP contribution in [0.5, 0.6) is 5.75 Å². The van der Waals surface area contributed by atoms with Gasteiger partial charge in [-0.3, -0.25) is 9.29 Å². The number of benzene rings is 2. The fraction of sp³-hybridized carbons (Fsp3) is 0.276. The van der Waals surface area contributed by atoms with Crippen molar-refractivity contribution in [3.8, 4) is 5.75 Å². The van der Waals surface area contributed by atoms with Gasteiger partial charge in [-0.15, -0.1) is 11.3 Å². The lowest BCUT2D eigenvalue weighted by Crippen LogP contribution is -2.31. The van der Waals surface area contributed by atoms with Crippen LogP contribution in [0, 0.1) is 13.8 Å². The normalized spacial score (nSPS) is 12.7. The Bertz CT molecular complexity index is 1620. The second kappa shape index (κ2) is 11.2. The van der Waals surface area contributed by atoms with Crippen molar-refractivity contribution < 1.29 is 22.7 Å². The van der Waals surface area contributed by atoms with Crippen LogP contribution in [0.15, 0.2) is 64.4 Å². The van der Waals surface area contributed by atoms with Crippen molar-refractivity contribution in [2.75, 3.05) is 11.4 Å². The Hall–Kier alpha value is -3.76. The fourth-order valence-electron chi connectivity index (χ4n) is 4.64. The quantitative estimate of drug-likeness (QED) is 0.251. The van der Waals surface area contributed by atoms with Crippen LogP contribution in [0.1, 0.15) is 50.4 Å². The third-order valence-corrected chi connectivity index (χ3v) is 9.84. The fourth-order valence-corrected chi connectivity index (χ4v) is 7.21. The highest BCUT2D eigenvalue weighted by Gasteiger charge is 2.32. The van der Waals surface area contributed by atoms with Gasteiger partial charge in [0.05, 0.1) is 30.6 Å². The van der Waals surface area contributed by atoms with Gasteiger partial charge in [-0.1, -0.05) is 12.1 Å². The maximum absolute atomic E-state index is 14.0. The van der Waals surface area contributed by atoms with Crippen molar-refractivity contribution in [1.82, 2.24) is 9.97 Å². The molecule has 5 rings (SSSR count). The average Bonchev–Trinajstić information content (AvgIpc) is 3.59. The zero-order chi connectivity index (χ0) is 27.6. The molecule has 2 heterocycles. The zero-order valence-electron chi connectivity index (χ0n) is 22.0. The second-order valence-corrected chi connectivity index (χ2v) is 12.3. The van der Waals surface area contributed by atoms with Gasteiger partial charge in [0.2, 0.25) is 4.34 Å². The highest BCUT2D eigenvalue weighted by Crippen LogP contribution is 2.40. The maximum Gasteiger partial charge on any atom is 0.337 e. The number of aryl methyl sites for hydroxylation is 4. The molecule has 0 radical (unpaired) electrons. The largest absolute Gasteiger partial charge is 0.487 e. The van der Waals surface area contributed by atoms with E-state index in [4.69, 9.17) is 9.47 Å². The highest BCUT2D eigenvalue weighted by atomic mass is 32.2. The van der Waals surface area contributed by atoms with Crippen LogP contribution in [0.3, 0.4) is 0 Å². The minimum Gasteiger partial charge on any atom is -0.487 e. The number of thiazole rings is 1. The minimum atomic E-state index is -4.01. The Kier molecular flexibility index (Phi) is 7.67. The number of nitrogens with zero attached hydrogens (tertiary/aromatic N) is 3.